The number of methoxy groups -OCH3 is 2. The minimum Gasteiger partial charge on any atom is -0.491 e. The molecule has 1 unspecified atom stereocenters. The maximum absolute atomic E-state index is 14.3. The van der Waals surface area contributed by atoms with Crippen LogP contribution in [-0.4, -0.2) is 66.5 Å². The quantitative estimate of drug-likeness (QED) is 0.333. The molecule has 4 bridgehead atoms. The molecule has 3 amide bonds. The number of carbonyl (C=O) groups is 2. The molecule has 12 heteroatoms. The first kappa shape index (κ1) is 35.7. The third-order valence-electron chi connectivity index (χ3n) is 10.9. The second-order valence-electron chi connectivity index (χ2n) is 14.3. The van der Waals surface area contributed by atoms with Gasteiger partial charge in [-0.1, -0.05) is 36.7 Å². The molecule has 0 saturated heterocycles. The van der Waals surface area contributed by atoms with Crippen LogP contribution in [0.15, 0.2) is 52.9 Å². The summed E-state index contributed by atoms with van der Waals surface area (Å²) in [5.74, 6) is 0.614. The van der Waals surface area contributed by atoms with Crippen molar-refractivity contribution in [2.45, 2.75) is 89.0 Å². The van der Waals surface area contributed by atoms with Crippen molar-refractivity contribution in [3.8, 4) is 5.75 Å². The molecule has 3 aliphatic heterocycles. The summed E-state index contributed by atoms with van der Waals surface area (Å²) in [5.41, 5.74) is 2.75. The number of carbonyl (C=O) groups excluding carboxylic acids is 2. The third-order valence-corrected chi connectivity index (χ3v) is 13.0. The van der Waals surface area contributed by atoms with Gasteiger partial charge in [0.1, 0.15) is 15.7 Å². The minimum absolute atomic E-state index is 0.0225. The van der Waals surface area contributed by atoms with Gasteiger partial charge in [-0.15, -0.1) is 4.36 Å². The number of benzene rings is 2. The van der Waals surface area contributed by atoms with E-state index in [0.717, 1.165) is 37.9 Å². The Morgan fingerprint density at radius 2 is 1.90 bits per heavy atom. The van der Waals surface area contributed by atoms with Crippen molar-refractivity contribution in [3.63, 3.8) is 0 Å². The van der Waals surface area contributed by atoms with Gasteiger partial charge in [0.15, 0.2) is 0 Å². The molecular formula is C37H49ClN4O6S. The molecule has 0 radical (unpaired) electrons. The number of anilines is 1. The highest BCUT2D eigenvalue weighted by Gasteiger charge is 2.50. The fraction of sp³-hybridized carbons (Fsp3) is 0.568. The number of hydrogen-bond donors (Lipinski definition) is 2. The Bertz CT molecular complexity index is 1720. The summed E-state index contributed by atoms with van der Waals surface area (Å²) in [4.78, 5) is 29.2. The van der Waals surface area contributed by atoms with Crippen LogP contribution in [0, 0.1) is 11.8 Å². The zero-order valence-corrected chi connectivity index (χ0v) is 30.5. The maximum atomic E-state index is 14.3. The second-order valence-corrected chi connectivity index (χ2v) is 16.8. The molecule has 4 atom stereocenters. The number of hydrogen-bond acceptors (Lipinski definition) is 7. The van der Waals surface area contributed by atoms with Gasteiger partial charge in [-0.25, -0.2) is 9.00 Å². The van der Waals surface area contributed by atoms with Crippen molar-refractivity contribution >= 4 is 39.1 Å². The van der Waals surface area contributed by atoms with Gasteiger partial charge in [0.05, 0.1) is 29.2 Å². The van der Waals surface area contributed by atoms with E-state index in [4.69, 9.17) is 25.8 Å². The Balaban J connectivity index is 1.37. The number of halogens is 1. The Labute approximate surface area is 295 Å². The van der Waals surface area contributed by atoms with Crippen molar-refractivity contribution in [2.75, 3.05) is 38.0 Å². The van der Waals surface area contributed by atoms with E-state index in [9.17, 15) is 13.8 Å². The third kappa shape index (κ3) is 7.95. The van der Waals surface area contributed by atoms with Gasteiger partial charge in [-0.2, -0.15) is 0 Å². The first-order chi connectivity index (χ1) is 23.4. The maximum Gasteiger partial charge on any atom is 0.327 e. The van der Waals surface area contributed by atoms with Gasteiger partial charge in [-0.3, -0.25) is 9.52 Å². The molecule has 2 saturated carbocycles. The summed E-state index contributed by atoms with van der Waals surface area (Å²) in [6, 6.07) is 10.6. The second kappa shape index (κ2) is 14.6. The average molecular weight is 713 g/mol. The van der Waals surface area contributed by atoms with Crippen LogP contribution in [0.1, 0.15) is 80.3 Å². The predicted molar refractivity (Wildman–Crippen MR) is 193 cm³/mol. The Morgan fingerprint density at radius 1 is 1.08 bits per heavy atom. The minimum atomic E-state index is -3.46. The highest BCUT2D eigenvalue weighted by Crippen LogP contribution is 2.49. The lowest BCUT2D eigenvalue weighted by Crippen LogP contribution is -2.56. The number of ether oxygens (including phenoxy) is 3. The van der Waals surface area contributed by atoms with Crippen molar-refractivity contribution in [1.82, 2.24) is 10.0 Å². The van der Waals surface area contributed by atoms with Crippen molar-refractivity contribution in [3.05, 3.63) is 70.3 Å². The van der Waals surface area contributed by atoms with E-state index in [0.29, 0.717) is 55.5 Å². The normalized spacial score (nSPS) is 32.5. The van der Waals surface area contributed by atoms with Crippen LogP contribution in [-0.2, 0) is 32.4 Å². The van der Waals surface area contributed by atoms with Crippen LogP contribution < -0.4 is 19.7 Å². The average Bonchev–Trinajstić information content (AvgIpc) is 3.08. The molecular weight excluding hydrogens is 664 g/mol. The summed E-state index contributed by atoms with van der Waals surface area (Å²) in [5, 5.41) is 3.59. The standard InChI is InChI=1S/C37H49ClN4O6S/c1-25-29-20-37(25,47-4)15-7-5-9-17-49(45,41-35(44)39-31-21-36(2,22-31)46-3)40-34(43)27-12-14-33-32(19-27)42(24-29)23-28-11-13-30(38)18-26(28)10-6-8-16-48-33/h7,11-15,18-19,25,29,31H,5-6,8-10,16-17,20-24H2,1-4H3,(H2,39,40,41,43,44,45)/b15-7+/t25-,29+,31-,36-,37+,49?/m1/s1. The topological polar surface area (TPSA) is 119 Å². The van der Waals surface area contributed by atoms with Gasteiger partial charge in [0.2, 0.25) is 0 Å². The number of nitrogens with one attached hydrogen (secondary N) is 2. The Morgan fingerprint density at radius 3 is 2.65 bits per heavy atom. The number of amides is 3. The van der Waals surface area contributed by atoms with E-state index in [-0.39, 0.29) is 28.9 Å². The molecule has 3 heterocycles. The molecule has 10 nitrogen and oxygen atoms in total. The zero-order valence-electron chi connectivity index (χ0n) is 29.0. The zero-order chi connectivity index (χ0) is 34.8. The fourth-order valence-electron chi connectivity index (χ4n) is 7.73. The summed E-state index contributed by atoms with van der Waals surface area (Å²) in [7, 11) is -0.0516. The number of rotatable bonds is 4. The molecule has 266 valence electrons. The number of allylic oxidation sites excluding steroid dienone is 1. The Hall–Kier alpha value is -3.12. The summed E-state index contributed by atoms with van der Waals surface area (Å²) >= 11 is 6.45. The lowest BCUT2D eigenvalue weighted by Gasteiger charge is -2.53. The van der Waals surface area contributed by atoms with Crippen molar-refractivity contribution in [2.24, 2.45) is 16.2 Å². The number of fused-ring (bicyclic) bond motifs is 6. The number of nitrogens with zero attached hydrogens (tertiary/aromatic N) is 2. The lowest BCUT2D eigenvalue weighted by atomic mass is 9.61. The lowest BCUT2D eigenvalue weighted by molar-refractivity contribution is -0.116. The van der Waals surface area contributed by atoms with E-state index in [1.54, 1.807) is 26.4 Å². The molecule has 49 heavy (non-hydrogen) atoms. The largest absolute Gasteiger partial charge is 0.491 e. The fourth-order valence-corrected chi connectivity index (χ4v) is 9.44. The van der Waals surface area contributed by atoms with Gasteiger partial charge >= 0.3 is 6.03 Å². The van der Waals surface area contributed by atoms with Crippen LogP contribution >= 0.6 is 11.6 Å². The molecule has 7 rings (SSSR count). The number of aryl methyl sites for hydroxylation is 1. The van der Waals surface area contributed by atoms with E-state index in [1.165, 1.54) is 11.1 Å². The molecule has 0 spiro atoms. The first-order valence-electron chi connectivity index (χ1n) is 17.4. The SMILES string of the molecule is CO[C@@]12/C=C/CCCS(=O)(NC(=O)N[C@H]3C[C@](C)(OC)C3)=NC(=O)c3ccc4c(c3)N(Cc3ccc(Cl)cc3CCCCO4)C[C@H](C1)[C@H]2C. The van der Waals surface area contributed by atoms with E-state index < -0.39 is 27.5 Å². The number of urea groups is 1. The van der Waals surface area contributed by atoms with Gasteiger partial charge < -0.3 is 24.4 Å². The van der Waals surface area contributed by atoms with Gasteiger partial charge in [-0.05, 0) is 112 Å². The Kier molecular flexibility index (Phi) is 10.7. The molecule has 0 aromatic heterocycles. The highest BCUT2D eigenvalue weighted by atomic mass is 35.5. The molecule has 2 aromatic carbocycles. The molecule has 2 N–H and O–H groups in total. The van der Waals surface area contributed by atoms with Gasteiger partial charge in [0.25, 0.3) is 5.91 Å². The molecule has 2 aromatic rings. The van der Waals surface area contributed by atoms with Crippen molar-refractivity contribution < 1.29 is 28.0 Å². The van der Waals surface area contributed by atoms with Crippen LogP contribution in [0.25, 0.3) is 0 Å². The molecule has 2 fully saturated rings. The molecule has 2 aliphatic carbocycles. The van der Waals surface area contributed by atoms with E-state index >= 15 is 0 Å². The van der Waals surface area contributed by atoms with Crippen LogP contribution in [0.2, 0.25) is 5.02 Å². The highest BCUT2D eigenvalue weighted by molar-refractivity contribution is 7.92. The van der Waals surface area contributed by atoms with Crippen molar-refractivity contribution in [1.29, 1.82) is 0 Å². The van der Waals surface area contributed by atoms with Crippen LogP contribution in [0.3, 0.4) is 0 Å². The summed E-state index contributed by atoms with van der Waals surface area (Å²) in [6.07, 6.45) is 10.1. The van der Waals surface area contributed by atoms with Crippen LogP contribution in [0.4, 0.5) is 10.5 Å². The van der Waals surface area contributed by atoms with E-state index in [1.807, 2.05) is 19.1 Å². The predicted octanol–water partition coefficient (Wildman–Crippen LogP) is 6.84. The monoisotopic (exact) mass is 712 g/mol. The summed E-state index contributed by atoms with van der Waals surface area (Å²) < 4.78 is 39.0. The smallest absolute Gasteiger partial charge is 0.327 e. The van der Waals surface area contributed by atoms with E-state index in [2.05, 4.69) is 50.5 Å². The van der Waals surface area contributed by atoms with Gasteiger partial charge in [0, 0.05) is 43.9 Å². The molecule has 5 aliphatic rings. The van der Waals surface area contributed by atoms with Crippen LogP contribution in [0.5, 0.6) is 5.75 Å². The summed E-state index contributed by atoms with van der Waals surface area (Å²) in [6.45, 7) is 6.06. The first-order valence-corrected chi connectivity index (χ1v) is 19.4.